The molecule has 0 bridgehead atoms. The lowest BCUT2D eigenvalue weighted by Gasteiger charge is -2.15. The normalized spacial score (nSPS) is 15.6. The van der Waals surface area contributed by atoms with E-state index in [0.29, 0.717) is 35.0 Å². The van der Waals surface area contributed by atoms with Crippen molar-refractivity contribution in [3.63, 3.8) is 0 Å². The van der Waals surface area contributed by atoms with E-state index in [1.165, 1.54) is 0 Å². The lowest BCUT2D eigenvalue weighted by Crippen LogP contribution is -2.28. The number of aryl methyl sites for hydroxylation is 2. The monoisotopic (exact) mass is 444 g/mol. The summed E-state index contributed by atoms with van der Waals surface area (Å²) in [5.74, 6) is 0.678. The van der Waals surface area contributed by atoms with Gasteiger partial charge in [0.25, 0.3) is 5.56 Å². The number of fused-ring (bicyclic) bond motifs is 1. The third kappa shape index (κ3) is 4.58. The van der Waals surface area contributed by atoms with Gasteiger partial charge in [0.2, 0.25) is 0 Å². The van der Waals surface area contributed by atoms with Gasteiger partial charge in [-0.1, -0.05) is 18.0 Å². The van der Waals surface area contributed by atoms with Gasteiger partial charge in [0, 0.05) is 30.6 Å². The van der Waals surface area contributed by atoms with Crippen LogP contribution in [0.4, 0.5) is 5.69 Å². The fourth-order valence-corrected chi connectivity index (χ4v) is 5.42. The highest BCUT2D eigenvalue weighted by atomic mass is 32.2. The van der Waals surface area contributed by atoms with E-state index in [9.17, 15) is 9.00 Å². The Morgan fingerprint density at radius 3 is 2.71 bits per heavy atom. The average Bonchev–Trinajstić information content (AvgIpc) is 3.37. The van der Waals surface area contributed by atoms with Crippen LogP contribution in [0, 0.1) is 13.8 Å². The number of pyridine rings is 1. The first-order valence-electron chi connectivity index (χ1n) is 10.5. The second-order valence-corrected chi connectivity index (χ2v) is 9.15. The first-order chi connectivity index (χ1) is 15.0. The fourth-order valence-electron chi connectivity index (χ4n) is 4.15. The molecule has 0 saturated heterocycles. The molecule has 0 radical (unpaired) electrons. The van der Waals surface area contributed by atoms with Crippen molar-refractivity contribution in [2.24, 2.45) is 0 Å². The molecule has 0 amide bonds. The number of ether oxygens (including phenoxy) is 1. The molecule has 0 aliphatic heterocycles. The summed E-state index contributed by atoms with van der Waals surface area (Å²) in [6.45, 7) is 4.69. The molecule has 4 rings (SSSR count). The van der Waals surface area contributed by atoms with Crippen molar-refractivity contribution < 1.29 is 13.5 Å². The Bertz CT molecular complexity index is 1140. The van der Waals surface area contributed by atoms with Gasteiger partial charge < -0.3 is 19.6 Å². The van der Waals surface area contributed by atoms with E-state index in [1.54, 1.807) is 13.2 Å². The second kappa shape index (κ2) is 9.33. The summed E-state index contributed by atoms with van der Waals surface area (Å²) in [4.78, 5) is 16.2. The van der Waals surface area contributed by atoms with E-state index >= 15 is 0 Å². The highest BCUT2D eigenvalue weighted by Crippen LogP contribution is 2.33. The molecule has 1 saturated carbocycles. The molecule has 3 N–H and O–H groups in total. The zero-order valence-corrected chi connectivity index (χ0v) is 18.9. The van der Waals surface area contributed by atoms with E-state index in [4.69, 9.17) is 9.26 Å². The van der Waals surface area contributed by atoms with Crippen LogP contribution in [-0.2, 0) is 15.7 Å². The number of rotatable bonds is 8. The largest absolute Gasteiger partial charge is 0.383 e. The van der Waals surface area contributed by atoms with Gasteiger partial charge in [-0.15, -0.1) is 0 Å². The highest BCUT2D eigenvalue weighted by molar-refractivity contribution is 7.83. The van der Waals surface area contributed by atoms with Crippen LogP contribution in [0.3, 0.4) is 0 Å². The summed E-state index contributed by atoms with van der Waals surface area (Å²) >= 11 is 0. The first-order valence-corrected chi connectivity index (χ1v) is 11.7. The minimum atomic E-state index is -1.43. The summed E-state index contributed by atoms with van der Waals surface area (Å²) in [6.07, 6.45) is 4.34. The first kappa shape index (κ1) is 21.7. The van der Waals surface area contributed by atoms with Crippen LogP contribution in [0.2, 0.25) is 0 Å². The Balaban J connectivity index is 1.83. The standard InChI is InChI=1S/C22H28N4O4S/c1-13-21(14(2)30-25-13)15-10-18-17(12-19(22(27)24-18)23-8-9-29-3)20(11-15)31(28)26-16-6-4-5-7-16/h10-12,16,23,26H,4-9H2,1-3H3,(H,24,27). The third-order valence-corrected chi connectivity index (χ3v) is 6.98. The third-order valence-electron chi connectivity index (χ3n) is 5.70. The zero-order valence-electron chi connectivity index (χ0n) is 18.0. The molecule has 31 heavy (non-hydrogen) atoms. The van der Waals surface area contributed by atoms with Gasteiger partial charge in [-0.05, 0) is 50.5 Å². The molecule has 9 heteroatoms. The van der Waals surface area contributed by atoms with Crippen LogP contribution in [0.25, 0.3) is 22.0 Å². The zero-order chi connectivity index (χ0) is 22.0. The van der Waals surface area contributed by atoms with E-state index in [1.807, 2.05) is 26.0 Å². The van der Waals surface area contributed by atoms with Gasteiger partial charge in [-0.3, -0.25) is 4.79 Å². The molecule has 0 spiro atoms. The number of H-pyrrole nitrogens is 1. The number of methoxy groups -OCH3 is 1. The molecular formula is C22H28N4O4S. The summed E-state index contributed by atoms with van der Waals surface area (Å²) in [5.41, 5.74) is 3.22. The number of anilines is 1. The van der Waals surface area contributed by atoms with Crippen molar-refractivity contribution in [2.45, 2.75) is 50.5 Å². The Labute approximate surface area is 183 Å². The van der Waals surface area contributed by atoms with Gasteiger partial charge in [0.05, 0.1) is 22.7 Å². The number of hydrogen-bond donors (Lipinski definition) is 3. The smallest absolute Gasteiger partial charge is 0.271 e. The predicted octanol–water partition coefficient (Wildman–Crippen LogP) is 3.41. The highest BCUT2D eigenvalue weighted by Gasteiger charge is 2.22. The summed E-state index contributed by atoms with van der Waals surface area (Å²) < 4.78 is 27.1. The van der Waals surface area contributed by atoms with Gasteiger partial charge in [-0.25, -0.2) is 8.93 Å². The Kier molecular flexibility index (Phi) is 6.54. The molecule has 1 aromatic carbocycles. The van der Waals surface area contributed by atoms with E-state index in [2.05, 4.69) is 20.2 Å². The van der Waals surface area contributed by atoms with Gasteiger partial charge in [0.1, 0.15) is 22.4 Å². The second-order valence-electron chi connectivity index (χ2n) is 7.93. The van der Waals surface area contributed by atoms with Gasteiger partial charge in [-0.2, -0.15) is 0 Å². The van der Waals surface area contributed by atoms with Crippen LogP contribution < -0.4 is 15.6 Å². The molecule has 3 aromatic rings. The van der Waals surface area contributed by atoms with Crippen molar-refractivity contribution in [1.29, 1.82) is 0 Å². The molecule has 2 aromatic heterocycles. The molecule has 166 valence electrons. The maximum absolute atomic E-state index is 13.4. The maximum atomic E-state index is 13.4. The minimum Gasteiger partial charge on any atom is -0.383 e. The SMILES string of the molecule is COCCNc1cc2c(S(=O)NC3CCCC3)cc(-c3c(C)noc3C)cc2[nH]c1=O. The Morgan fingerprint density at radius 2 is 2.03 bits per heavy atom. The van der Waals surface area contributed by atoms with Crippen molar-refractivity contribution in [3.8, 4) is 11.1 Å². The number of nitrogens with zero attached hydrogens (tertiary/aromatic N) is 1. The van der Waals surface area contributed by atoms with E-state index < -0.39 is 11.0 Å². The van der Waals surface area contributed by atoms with Crippen molar-refractivity contribution >= 4 is 27.6 Å². The quantitative estimate of drug-likeness (QED) is 0.460. The van der Waals surface area contributed by atoms with E-state index in [0.717, 1.165) is 47.9 Å². The molecule has 1 aliphatic rings. The van der Waals surface area contributed by atoms with Crippen LogP contribution in [0.5, 0.6) is 0 Å². The summed E-state index contributed by atoms with van der Waals surface area (Å²) in [5, 5.41) is 7.87. The molecule has 1 unspecified atom stereocenters. The number of aromatic amines is 1. The molecule has 1 fully saturated rings. The maximum Gasteiger partial charge on any atom is 0.271 e. The van der Waals surface area contributed by atoms with Crippen molar-refractivity contribution in [3.05, 3.63) is 40.0 Å². The predicted molar refractivity (Wildman–Crippen MR) is 122 cm³/mol. The molecule has 1 atom stereocenters. The number of aromatic nitrogens is 2. The van der Waals surface area contributed by atoms with Crippen LogP contribution in [0.1, 0.15) is 37.1 Å². The number of hydrogen-bond acceptors (Lipinski definition) is 6. The van der Waals surface area contributed by atoms with Crippen LogP contribution in [0.15, 0.2) is 32.4 Å². The van der Waals surface area contributed by atoms with Crippen molar-refractivity contribution in [1.82, 2.24) is 14.9 Å². The lowest BCUT2D eigenvalue weighted by molar-refractivity contribution is 0.211. The number of benzene rings is 1. The number of nitrogens with one attached hydrogen (secondary N) is 3. The summed E-state index contributed by atoms with van der Waals surface area (Å²) in [6, 6.07) is 5.80. The van der Waals surface area contributed by atoms with Gasteiger partial charge in [0.15, 0.2) is 0 Å². The minimum absolute atomic E-state index is 0.236. The van der Waals surface area contributed by atoms with Crippen LogP contribution in [-0.4, -0.2) is 40.7 Å². The molecule has 2 heterocycles. The molecule has 1 aliphatic carbocycles. The molecular weight excluding hydrogens is 416 g/mol. The molecule has 8 nitrogen and oxygen atoms in total. The lowest BCUT2D eigenvalue weighted by atomic mass is 10.0. The summed E-state index contributed by atoms with van der Waals surface area (Å²) in [7, 11) is 0.179. The average molecular weight is 445 g/mol. The van der Waals surface area contributed by atoms with Gasteiger partial charge >= 0.3 is 0 Å². The Morgan fingerprint density at radius 1 is 1.26 bits per heavy atom. The van der Waals surface area contributed by atoms with E-state index in [-0.39, 0.29) is 11.6 Å². The van der Waals surface area contributed by atoms with Crippen molar-refractivity contribution in [2.75, 3.05) is 25.6 Å². The van der Waals surface area contributed by atoms with Crippen LogP contribution >= 0.6 is 0 Å². The Hall–Kier alpha value is -2.49. The topological polar surface area (TPSA) is 109 Å². The fraction of sp³-hybridized carbons (Fsp3) is 0.455.